The molecule has 140 valence electrons. The number of rotatable bonds is 9. The van der Waals surface area contributed by atoms with Crippen molar-refractivity contribution in [2.45, 2.75) is 26.9 Å². The molecular formula is C17H21F3O5. The standard InChI is InChI=1S/C17H21F3O5/c1-12(21)24-10-8-23-9-11-25-14-6-4-13(5-7-14)15(22)16(2,3)17(18,19)20/h4-7H,8-11H2,1-3H3. The van der Waals surface area contributed by atoms with E-state index >= 15 is 0 Å². The third-order valence-electron chi connectivity index (χ3n) is 3.42. The summed E-state index contributed by atoms with van der Waals surface area (Å²) in [5, 5.41) is 0. The normalized spacial score (nSPS) is 11.9. The van der Waals surface area contributed by atoms with Crippen LogP contribution in [0.5, 0.6) is 5.75 Å². The van der Waals surface area contributed by atoms with Crippen LogP contribution in [-0.4, -0.2) is 44.4 Å². The molecule has 0 saturated carbocycles. The number of ether oxygens (including phenoxy) is 3. The van der Waals surface area contributed by atoms with Crippen LogP contribution < -0.4 is 4.74 Å². The molecule has 0 radical (unpaired) electrons. The number of carbonyl (C=O) groups excluding carboxylic acids is 2. The Kier molecular flexibility index (Phi) is 7.41. The number of esters is 1. The highest BCUT2D eigenvalue weighted by molar-refractivity contribution is 6.00. The SMILES string of the molecule is CC(=O)OCCOCCOc1ccc(C(=O)C(C)(C)C(F)(F)F)cc1. The van der Waals surface area contributed by atoms with Crippen molar-refractivity contribution in [1.82, 2.24) is 0 Å². The number of Topliss-reactive ketones (excluding diaryl/α,β-unsaturated/α-hetero) is 1. The van der Waals surface area contributed by atoms with Crippen molar-refractivity contribution in [3.63, 3.8) is 0 Å². The third-order valence-corrected chi connectivity index (χ3v) is 3.42. The van der Waals surface area contributed by atoms with Crippen LogP contribution in [0.4, 0.5) is 13.2 Å². The van der Waals surface area contributed by atoms with Gasteiger partial charge in [0.2, 0.25) is 0 Å². The van der Waals surface area contributed by atoms with E-state index in [4.69, 9.17) is 9.47 Å². The average Bonchev–Trinajstić information content (AvgIpc) is 2.52. The topological polar surface area (TPSA) is 61.8 Å². The van der Waals surface area contributed by atoms with E-state index in [1.165, 1.54) is 31.2 Å². The number of carbonyl (C=O) groups is 2. The van der Waals surface area contributed by atoms with Gasteiger partial charge in [-0.2, -0.15) is 13.2 Å². The molecule has 0 heterocycles. The molecule has 0 bridgehead atoms. The number of halogens is 3. The summed E-state index contributed by atoms with van der Waals surface area (Å²) in [4.78, 5) is 22.5. The summed E-state index contributed by atoms with van der Waals surface area (Å²) in [7, 11) is 0. The van der Waals surface area contributed by atoms with Gasteiger partial charge in [0.05, 0.1) is 13.2 Å². The van der Waals surface area contributed by atoms with Gasteiger partial charge in [0, 0.05) is 12.5 Å². The summed E-state index contributed by atoms with van der Waals surface area (Å²) in [5.41, 5.74) is -2.49. The molecule has 1 aromatic rings. The first-order chi connectivity index (χ1) is 11.6. The number of hydrogen-bond acceptors (Lipinski definition) is 5. The molecule has 0 aromatic heterocycles. The Balaban J connectivity index is 2.44. The van der Waals surface area contributed by atoms with Crippen LogP contribution in [0.25, 0.3) is 0 Å². The number of benzene rings is 1. The minimum Gasteiger partial charge on any atom is -0.491 e. The van der Waals surface area contributed by atoms with E-state index < -0.39 is 17.4 Å². The number of ketones is 1. The third kappa shape index (κ3) is 6.38. The summed E-state index contributed by atoms with van der Waals surface area (Å²) >= 11 is 0. The summed E-state index contributed by atoms with van der Waals surface area (Å²) in [6, 6.07) is 5.45. The molecule has 25 heavy (non-hydrogen) atoms. The Morgan fingerprint density at radius 2 is 1.52 bits per heavy atom. The molecule has 5 nitrogen and oxygen atoms in total. The second-order valence-electron chi connectivity index (χ2n) is 5.78. The van der Waals surface area contributed by atoms with Crippen LogP contribution in [0.3, 0.4) is 0 Å². The molecule has 0 N–H and O–H groups in total. The molecule has 0 saturated heterocycles. The van der Waals surface area contributed by atoms with Crippen molar-refractivity contribution in [2.24, 2.45) is 5.41 Å². The van der Waals surface area contributed by atoms with Gasteiger partial charge in [0.25, 0.3) is 0 Å². The van der Waals surface area contributed by atoms with E-state index in [0.717, 1.165) is 13.8 Å². The van der Waals surface area contributed by atoms with Gasteiger partial charge in [-0.05, 0) is 38.1 Å². The summed E-state index contributed by atoms with van der Waals surface area (Å²) < 4.78 is 53.9. The molecule has 0 amide bonds. The van der Waals surface area contributed by atoms with Crippen molar-refractivity contribution >= 4 is 11.8 Å². The zero-order chi connectivity index (χ0) is 19.1. The predicted molar refractivity (Wildman–Crippen MR) is 83.6 cm³/mol. The van der Waals surface area contributed by atoms with Gasteiger partial charge in [0.15, 0.2) is 5.78 Å². The lowest BCUT2D eigenvalue weighted by atomic mass is 9.83. The maximum Gasteiger partial charge on any atom is 0.401 e. The van der Waals surface area contributed by atoms with Gasteiger partial charge in [-0.1, -0.05) is 0 Å². The van der Waals surface area contributed by atoms with Gasteiger partial charge in [-0.25, -0.2) is 0 Å². The largest absolute Gasteiger partial charge is 0.491 e. The van der Waals surface area contributed by atoms with Crippen molar-refractivity contribution in [1.29, 1.82) is 0 Å². The first-order valence-corrected chi connectivity index (χ1v) is 7.61. The molecule has 0 fully saturated rings. The fraction of sp³-hybridized carbons (Fsp3) is 0.529. The van der Waals surface area contributed by atoms with Crippen LogP contribution in [0.2, 0.25) is 0 Å². The van der Waals surface area contributed by atoms with Gasteiger partial charge < -0.3 is 14.2 Å². The number of hydrogen-bond donors (Lipinski definition) is 0. The average molecular weight is 362 g/mol. The molecule has 0 aliphatic carbocycles. The van der Waals surface area contributed by atoms with E-state index in [1.807, 2.05) is 0 Å². The van der Waals surface area contributed by atoms with Crippen molar-refractivity contribution < 1.29 is 37.0 Å². The molecule has 0 atom stereocenters. The lowest BCUT2D eigenvalue weighted by Gasteiger charge is -2.26. The lowest BCUT2D eigenvalue weighted by Crippen LogP contribution is -2.39. The molecule has 1 rings (SSSR count). The highest BCUT2D eigenvalue weighted by atomic mass is 19.4. The van der Waals surface area contributed by atoms with Crippen molar-refractivity contribution in [3.8, 4) is 5.75 Å². The molecule has 1 aromatic carbocycles. The van der Waals surface area contributed by atoms with Crippen LogP contribution in [-0.2, 0) is 14.3 Å². The first-order valence-electron chi connectivity index (χ1n) is 7.61. The van der Waals surface area contributed by atoms with E-state index in [-0.39, 0.29) is 38.0 Å². The summed E-state index contributed by atoms with van der Waals surface area (Å²) in [5.74, 6) is -0.978. The van der Waals surface area contributed by atoms with Crippen LogP contribution in [0, 0.1) is 5.41 Å². The van der Waals surface area contributed by atoms with Gasteiger partial charge in [-0.3, -0.25) is 9.59 Å². The van der Waals surface area contributed by atoms with E-state index in [9.17, 15) is 22.8 Å². The van der Waals surface area contributed by atoms with Crippen LogP contribution in [0.15, 0.2) is 24.3 Å². The molecular weight excluding hydrogens is 341 g/mol. The highest BCUT2D eigenvalue weighted by Gasteiger charge is 2.52. The second-order valence-corrected chi connectivity index (χ2v) is 5.78. The van der Waals surface area contributed by atoms with Crippen LogP contribution >= 0.6 is 0 Å². The van der Waals surface area contributed by atoms with Gasteiger partial charge in [0.1, 0.15) is 24.4 Å². The highest BCUT2D eigenvalue weighted by Crippen LogP contribution is 2.40. The minimum absolute atomic E-state index is 0.0349. The Morgan fingerprint density at radius 3 is 2.04 bits per heavy atom. The molecule has 0 aliphatic rings. The predicted octanol–water partition coefficient (Wildman–Crippen LogP) is 3.42. The Labute approximate surface area is 144 Å². The molecule has 8 heteroatoms. The molecule has 0 unspecified atom stereocenters. The van der Waals surface area contributed by atoms with E-state index in [1.54, 1.807) is 0 Å². The lowest BCUT2D eigenvalue weighted by molar-refractivity contribution is -0.192. The monoisotopic (exact) mass is 362 g/mol. The quantitative estimate of drug-likeness (QED) is 0.383. The molecule has 0 spiro atoms. The maximum atomic E-state index is 12.9. The van der Waals surface area contributed by atoms with Gasteiger partial charge >= 0.3 is 12.1 Å². The fourth-order valence-corrected chi connectivity index (χ4v) is 1.76. The summed E-state index contributed by atoms with van der Waals surface area (Å²) in [6.45, 7) is 3.86. The Bertz CT molecular complexity index is 579. The second kappa shape index (κ2) is 8.84. The zero-order valence-electron chi connectivity index (χ0n) is 14.3. The van der Waals surface area contributed by atoms with Crippen molar-refractivity contribution in [2.75, 3.05) is 26.4 Å². The first kappa shape index (κ1) is 21.0. The summed E-state index contributed by atoms with van der Waals surface area (Å²) in [6.07, 6.45) is -4.62. The smallest absolute Gasteiger partial charge is 0.401 e. The Morgan fingerprint density at radius 1 is 0.960 bits per heavy atom. The van der Waals surface area contributed by atoms with E-state index in [2.05, 4.69) is 4.74 Å². The van der Waals surface area contributed by atoms with Gasteiger partial charge in [-0.15, -0.1) is 0 Å². The minimum atomic E-state index is -4.62. The molecule has 0 aliphatic heterocycles. The maximum absolute atomic E-state index is 12.9. The Hall–Kier alpha value is -2.09. The number of alkyl halides is 3. The fourth-order valence-electron chi connectivity index (χ4n) is 1.76. The van der Waals surface area contributed by atoms with Crippen molar-refractivity contribution in [3.05, 3.63) is 29.8 Å². The van der Waals surface area contributed by atoms with E-state index in [0.29, 0.717) is 5.75 Å². The zero-order valence-corrected chi connectivity index (χ0v) is 14.3. The van der Waals surface area contributed by atoms with Crippen LogP contribution in [0.1, 0.15) is 31.1 Å².